The van der Waals surface area contributed by atoms with Gasteiger partial charge in [-0.1, -0.05) is 19.9 Å². The van der Waals surface area contributed by atoms with Crippen LogP contribution >= 0.6 is 0 Å². The van der Waals surface area contributed by atoms with Gasteiger partial charge in [0.05, 0.1) is 26.4 Å². The summed E-state index contributed by atoms with van der Waals surface area (Å²) in [6.07, 6.45) is -0.496. The third kappa shape index (κ3) is 7.49. The third-order valence-electron chi connectivity index (χ3n) is 4.64. The molecule has 3 N–H and O–H groups in total. The number of amides is 2. The van der Waals surface area contributed by atoms with E-state index in [1.807, 2.05) is 44.2 Å². The van der Waals surface area contributed by atoms with Crippen molar-refractivity contribution in [2.24, 2.45) is 5.92 Å². The van der Waals surface area contributed by atoms with Crippen LogP contribution in [0.2, 0.25) is 0 Å². The molecule has 2 aromatic carbocycles. The van der Waals surface area contributed by atoms with E-state index in [9.17, 15) is 9.59 Å². The summed E-state index contributed by atoms with van der Waals surface area (Å²) in [5.41, 5.74) is 3.18. The van der Waals surface area contributed by atoms with Crippen LogP contribution in [0.25, 0.3) is 0 Å². The Labute approximate surface area is 182 Å². The van der Waals surface area contributed by atoms with Gasteiger partial charge < -0.3 is 25.0 Å². The maximum absolute atomic E-state index is 12.3. The number of benzene rings is 2. The maximum atomic E-state index is 12.3. The summed E-state index contributed by atoms with van der Waals surface area (Å²) in [6.45, 7) is 7.63. The van der Waals surface area contributed by atoms with Crippen molar-refractivity contribution in [3.63, 3.8) is 0 Å². The van der Waals surface area contributed by atoms with Crippen LogP contribution < -0.4 is 20.9 Å². The van der Waals surface area contributed by atoms with Crippen molar-refractivity contribution in [3.05, 3.63) is 48.5 Å². The first-order chi connectivity index (χ1) is 15.0. The zero-order chi connectivity index (χ0) is 22.1. The van der Waals surface area contributed by atoms with Gasteiger partial charge in [-0.05, 0) is 48.4 Å². The molecule has 8 nitrogen and oxygen atoms in total. The van der Waals surface area contributed by atoms with E-state index < -0.39 is 6.09 Å². The fraction of sp³-hybridized carbons (Fsp3) is 0.391. The summed E-state index contributed by atoms with van der Waals surface area (Å²) in [6, 6.07) is 14.9. The smallest absolute Gasteiger partial charge is 0.411 e. The predicted octanol–water partition coefficient (Wildman–Crippen LogP) is 3.78. The van der Waals surface area contributed by atoms with Crippen molar-refractivity contribution in [3.8, 4) is 0 Å². The van der Waals surface area contributed by atoms with Crippen molar-refractivity contribution in [2.75, 3.05) is 60.3 Å². The molecule has 166 valence electrons. The molecule has 1 aliphatic heterocycles. The fourth-order valence-electron chi connectivity index (χ4n) is 3.07. The number of carbonyl (C=O) groups is 2. The second-order valence-electron chi connectivity index (χ2n) is 7.75. The lowest BCUT2D eigenvalue weighted by atomic mass is 10.2. The van der Waals surface area contributed by atoms with E-state index in [-0.39, 0.29) is 18.4 Å². The van der Waals surface area contributed by atoms with E-state index in [0.29, 0.717) is 12.3 Å². The second kappa shape index (κ2) is 11.2. The van der Waals surface area contributed by atoms with Crippen molar-refractivity contribution in [2.45, 2.75) is 13.8 Å². The lowest BCUT2D eigenvalue weighted by Crippen LogP contribution is -2.36. The maximum Gasteiger partial charge on any atom is 0.411 e. The summed E-state index contributed by atoms with van der Waals surface area (Å²) in [4.78, 5) is 26.3. The molecule has 0 saturated carbocycles. The first-order valence-electron chi connectivity index (χ1n) is 10.5. The van der Waals surface area contributed by atoms with Crippen LogP contribution in [0.5, 0.6) is 0 Å². The summed E-state index contributed by atoms with van der Waals surface area (Å²) in [7, 11) is 0. The zero-order valence-corrected chi connectivity index (χ0v) is 18.0. The highest BCUT2D eigenvalue weighted by molar-refractivity contribution is 5.94. The number of carbonyl (C=O) groups excluding carboxylic acids is 2. The molecule has 1 fully saturated rings. The molecule has 1 heterocycles. The Kier molecular flexibility index (Phi) is 8.12. The van der Waals surface area contributed by atoms with Gasteiger partial charge in [0, 0.05) is 35.8 Å². The van der Waals surface area contributed by atoms with Gasteiger partial charge in [0.25, 0.3) is 0 Å². The topological polar surface area (TPSA) is 91.9 Å². The number of nitrogens with zero attached hydrogens (tertiary/aromatic N) is 1. The molecule has 0 spiro atoms. The monoisotopic (exact) mass is 426 g/mol. The quantitative estimate of drug-likeness (QED) is 0.595. The third-order valence-corrected chi connectivity index (χ3v) is 4.64. The van der Waals surface area contributed by atoms with Gasteiger partial charge in [0.15, 0.2) is 0 Å². The van der Waals surface area contributed by atoms with Crippen LogP contribution in [0.15, 0.2) is 48.5 Å². The zero-order valence-electron chi connectivity index (χ0n) is 18.0. The summed E-state index contributed by atoms with van der Waals surface area (Å²) in [5.74, 6) is 0.113. The van der Waals surface area contributed by atoms with Crippen molar-refractivity contribution in [1.29, 1.82) is 0 Å². The highest BCUT2D eigenvalue weighted by atomic mass is 16.5. The lowest BCUT2D eigenvalue weighted by Gasteiger charge is -2.28. The van der Waals surface area contributed by atoms with Crippen LogP contribution in [0, 0.1) is 5.92 Å². The number of rotatable bonds is 8. The Morgan fingerprint density at radius 3 is 2.42 bits per heavy atom. The first kappa shape index (κ1) is 22.4. The molecule has 2 aromatic rings. The molecule has 0 aromatic heterocycles. The molecule has 2 amide bonds. The van der Waals surface area contributed by atoms with E-state index in [2.05, 4.69) is 20.9 Å². The fourth-order valence-corrected chi connectivity index (χ4v) is 3.07. The lowest BCUT2D eigenvalue weighted by molar-refractivity contribution is -0.114. The van der Waals surface area contributed by atoms with Crippen LogP contribution in [0.1, 0.15) is 13.8 Å². The average molecular weight is 427 g/mol. The van der Waals surface area contributed by atoms with E-state index in [1.54, 1.807) is 18.2 Å². The Bertz CT molecular complexity index is 864. The molecule has 0 atom stereocenters. The Balaban J connectivity index is 1.45. The molecule has 8 heteroatoms. The van der Waals surface area contributed by atoms with E-state index in [0.717, 1.165) is 43.4 Å². The number of hydrogen-bond donors (Lipinski definition) is 3. The van der Waals surface area contributed by atoms with Crippen LogP contribution in [-0.4, -0.2) is 51.5 Å². The number of nitrogens with one attached hydrogen (secondary N) is 3. The molecular weight excluding hydrogens is 396 g/mol. The normalized spacial score (nSPS) is 13.6. The second-order valence-corrected chi connectivity index (χ2v) is 7.75. The molecule has 0 aliphatic carbocycles. The van der Waals surface area contributed by atoms with Gasteiger partial charge >= 0.3 is 6.09 Å². The highest BCUT2D eigenvalue weighted by Crippen LogP contribution is 2.19. The van der Waals surface area contributed by atoms with Gasteiger partial charge in [0.2, 0.25) is 5.91 Å². The molecule has 3 rings (SSSR count). The summed E-state index contributed by atoms with van der Waals surface area (Å²) in [5, 5.41) is 8.63. The van der Waals surface area contributed by atoms with Gasteiger partial charge in [-0.15, -0.1) is 0 Å². The van der Waals surface area contributed by atoms with E-state index >= 15 is 0 Å². The van der Waals surface area contributed by atoms with Crippen molar-refractivity contribution in [1.82, 2.24) is 0 Å². The van der Waals surface area contributed by atoms with Crippen molar-refractivity contribution < 1.29 is 19.1 Å². The Morgan fingerprint density at radius 2 is 1.71 bits per heavy atom. The Morgan fingerprint density at radius 1 is 1.00 bits per heavy atom. The summed E-state index contributed by atoms with van der Waals surface area (Å²) >= 11 is 0. The van der Waals surface area contributed by atoms with E-state index in [4.69, 9.17) is 9.47 Å². The van der Waals surface area contributed by atoms with Crippen LogP contribution in [-0.2, 0) is 14.3 Å². The van der Waals surface area contributed by atoms with Crippen molar-refractivity contribution >= 4 is 34.7 Å². The molecule has 0 unspecified atom stereocenters. The van der Waals surface area contributed by atoms with Gasteiger partial charge in [-0.2, -0.15) is 0 Å². The number of ether oxygens (including phenoxy) is 2. The predicted molar refractivity (Wildman–Crippen MR) is 123 cm³/mol. The van der Waals surface area contributed by atoms with Crippen LogP contribution in [0.3, 0.4) is 0 Å². The SMILES string of the molecule is CC(C)COC(=O)Nc1cccc(NCC(=O)Nc2ccc(N3CCOCC3)cc2)c1. The number of morpholine rings is 1. The average Bonchev–Trinajstić information content (AvgIpc) is 2.78. The minimum Gasteiger partial charge on any atom is -0.449 e. The number of anilines is 4. The standard InChI is InChI=1S/C23H30N4O4/c1-17(2)16-31-23(29)26-20-5-3-4-19(14-20)24-15-22(28)25-18-6-8-21(9-7-18)27-10-12-30-13-11-27/h3-9,14,17,24H,10-13,15-16H2,1-2H3,(H,25,28)(H,26,29). The summed E-state index contributed by atoms with van der Waals surface area (Å²) < 4.78 is 10.5. The molecule has 0 bridgehead atoms. The largest absolute Gasteiger partial charge is 0.449 e. The first-order valence-corrected chi connectivity index (χ1v) is 10.5. The van der Waals surface area contributed by atoms with Gasteiger partial charge in [0.1, 0.15) is 0 Å². The van der Waals surface area contributed by atoms with Gasteiger partial charge in [-0.3, -0.25) is 10.1 Å². The highest BCUT2D eigenvalue weighted by Gasteiger charge is 2.11. The van der Waals surface area contributed by atoms with E-state index in [1.165, 1.54) is 0 Å². The minimum atomic E-state index is -0.496. The molecule has 0 radical (unpaired) electrons. The Hall–Kier alpha value is -3.26. The minimum absolute atomic E-state index is 0.104. The molecule has 31 heavy (non-hydrogen) atoms. The van der Waals surface area contributed by atoms with Gasteiger partial charge in [-0.25, -0.2) is 4.79 Å². The molecular formula is C23H30N4O4. The number of hydrogen-bond acceptors (Lipinski definition) is 6. The molecule has 1 aliphatic rings. The van der Waals surface area contributed by atoms with Crippen LogP contribution in [0.4, 0.5) is 27.5 Å². The molecule has 1 saturated heterocycles.